The lowest BCUT2D eigenvalue weighted by Gasteiger charge is -2.17. The second kappa shape index (κ2) is 9.92. The standard InChI is InChI=1S/C20H25BrO5Si/c1-27(2,3)10-9-24-14-26-18-12-16(20(22)23)11-17(19(18)21)25-13-15-7-5-4-6-8-15/h4-8,11-12H,9-10,13-14H2,1-3H3,(H,22,23). The van der Waals surface area contributed by atoms with Crippen molar-refractivity contribution in [1.29, 1.82) is 0 Å². The van der Waals surface area contributed by atoms with Crippen molar-refractivity contribution < 1.29 is 24.1 Å². The van der Waals surface area contributed by atoms with Gasteiger partial charge < -0.3 is 19.3 Å². The van der Waals surface area contributed by atoms with Crippen LogP contribution in [-0.2, 0) is 11.3 Å². The van der Waals surface area contributed by atoms with Crippen molar-refractivity contribution in [2.24, 2.45) is 0 Å². The lowest BCUT2D eigenvalue weighted by molar-refractivity contribution is 0.0213. The number of carboxylic acid groups (broad SMARTS) is 1. The molecule has 2 aromatic rings. The van der Waals surface area contributed by atoms with Gasteiger partial charge in [0.1, 0.15) is 22.6 Å². The minimum atomic E-state index is -1.16. The lowest BCUT2D eigenvalue weighted by atomic mass is 10.2. The smallest absolute Gasteiger partial charge is 0.335 e. The average Bonchev–Trinajstić information content (AvgIpc) is 2.61. The average molecular weight is 453 g/mol. The fourth-order valence-corrected chi connectivity index (χ4v) is 3.40. The van der Waals surface area contributed by atoms with Crippen molar-refractivity contribution >= 4 is 30.0 Å². The molecule has 0 spiro atoms. The van der Waals surface area contributed by atoms with Gasteiger partial charge in [-0.05, 0) is 39.7 Å². The second-order valence-corrected chi connectivity index (χ2v) is 13.8. The van der Waals surface area contributed by atoms with Crippen molar-refractivity contribution in [3.63, 3.8) is 0 Å². The second-order valence-electron chi connectivity index (χ2n) is 7.35. The molecule has 0 fully saturated rings. The highest BCUT2D eigenvalue weighted by atomic mass is 79.9. The number of carboxylic acids is 1. The Kier molecular flexibility index (Phi) is 7.88. The molecule has 0 aromatic heterocycles. The Balaban J connectivity index is 2.05. The molecule has 2 aromatic carbocycles. The number of carbonyl (C=O) groups is 1. The summed E-state index contributed by atoms with van der Waals surface area (Å²) in [5, 5.41) is 9.36. The molecule has 0 amide bonds. The summed E-state index contributed by atoms with van der Waals surface area (Å²) in [6.45, 7) is 7.85. The third kappa shape index (κ3) is 7.36. The van der Waals surface area contributed by atoms with Crippen molar-refractivity contribution in [2.75, 3.05) is 13.4 Å². The zero-order valence-electron chi connectivity index (χ0n) is 15.8. The molecule has 27 heavy (non-hydrogen) atoms. The number of ether oxygens (including phenoxy) is 3. The Bertz CT molecular complexity index is 759. The quantitative estimate of drug-likeness (QED) is 0.296. The number of aromatic carboxylic acids is 1. The van der Waals surface area contributed by atoms with Crippen LogP contribution in [-0.4, -0.2) is 32.5 Å². The molecule has 7 heteroatoms. The van der Waals surface area contributed by atoms with Crippen LogP contribution in [0.1, 0.15) is 15.9 Å². The molecule has 5 nitrogen and oxygen atoms in total. The van der Waals surface area contributed by atoms with Gasteiger partial charge in [0.25, 0.3) is 0 Å². The van der Waals surface area contributed by atoms with Crippen LogP contribution in [0.2, 0.25) is 25.7 Å². The molecule has 0 unspecified atom stereocenters. The summed E-state index contributed by atoms with van der Waals surface area (Å²) in [4.78, 5) is 11.4. The molecule has 0 aliphatic carbocycles. The van der Waals surface area contributed by atoms with E-state index in [1.807, 2.05) is 30.3 Å². The first-order valence-electron chi connectivity index (χ1n) is 8.70. The third-order valence-corrected chi connectivity index (χ3v) is 6.27. The largest absolute Gasteiger partial charge is 0.488 e. The molecule has 0 bridgehead atoms. The molecule has 2 rings (SSSR count). The summed E-state index contributed by atoms with van der Waals surface area (Å²) >= 11 is 3.45. The molecule has 0 heterocycles. The Morgan fingerprint density at radius 3 is 2.30 bits per heavy atom. The molecule has 0 radical (unpaired) electrons. The minimum Gasteiger partial charge on any atom is -0.488 e. The normalized spacial score (nSPS) is 11.3. The van der Waals surface area contributed by atoms with Crippen LogP contribution in [0.3, 0.4) is 0 Å². The number of benzene rings is 2. The molecular weight excluding hydrogens is 428 g/mol. The van der Waals surface area contributed by atoms with Crippen LogP contribution >= 0.6 is 15.9 Å². The predicted octanol–water partition coefficient (Wildman–Crippen LogP) is 5.42. The maximum Gasteiger partial charge on any atom is 0.335 e. The van der Waals surface area contributed by atoms with E-state index in [1.54, 1.807) is 0 Å². The van der Waals surface area contributed by atoms with Gasteiger partial charge in [-0.1, -0.05) is 50.0 Å². The molecule has 0 aliphatic heterocycles. The lowest BCUT2D eigenvalue weighted by Crippen LogP contribution is -2.22. The van der Waals surface area contributed by atoms with Crippen molar-refractivity contribution in [1.82, 2.24) is 0 Å². The van der Waals surface area contributed by atoms with Gasteiger partial charge in [-0.3, -0.25) is 0 Å². The molecule has 0 saturated carbocycles. The van der Waals surface area contributed by atoms with Crippen molar-refractivity contribution in [3.8, 4) is 11.5 Å². The van der Waals surface area contributed by atoms with E-state index in [1.165, 1.54) is 12.1 Å². The maximum absolute atomic E-state index is 11.4. The van der Waals surface area contributed by atoms with E-state index in [0.29, 0.717) is 29.2 Å². The maximum atomic E-state index is 11.4. The summed E-state index contributed by atoms with van der Waals surface area (Å²) in [5.74, 6) is -0.252. The molecule has 1 N–H and O–H groups in total. The van der Waals surface area contributed by atoms with E-state index in [9.17, 15) is 9.90 Å². The van der Waals surface area contributed by atoms with E-state index < -0.39 is 14.0 Å². The van der Waals surface area contributed by atoms with Gasteiger partial charge >= 0.3 is 5.97 Å². The monoisotopic (exact) mass is 452 g/mol. The Morgan fingerprint density at radius 2 is 1.70 bits per heavy atom. The van der Waals surface area contributed by atoms with Crippen LogP contribution < -0.4 is 9.47 Å². The highest BCUT2D eigenvalue weighted by Gasteiger charge is 2.16. The summed E-state index contributed by atoms with van der Waals surface area (Å²) in [6.07, 6.45) is 0. The van der Waals surface area contributed by atoms with E-state index in [-0.39, 0.29) is 12.4 Å². The van der Waals surface area contributed by atoms with Gasteiger partial charge in [-0.25, -0.2) is 4.79 Å². The molecular formula is C20H25BrO5Si. The number of hydrogen-bond acceptors (Lipinski definition) is 4. The van der Waals surface area contributed by atoms with Crippen LogP contribution in [0.15, 0.2) is 46.9 Å². The first-order chi connectivity index (χ1) is 12.8. The fourth-order valence-electron chi connectivity index (χ4n) is 2.18. The predicted molar refractivity (Wildman–Crippen MR) is 111 cm³/mol. The molecule has 0 saturated heterocycles. The van der Waals surface area contributed by atoms with E-state index >= 15 is 0 Å². The van der Waals surface area contributed by atoms with E-state index in [4.69, 9.17) is 14.2 Å². The van der Waals surface area contributed by atoms with Crippen LogP contribution in [0.5, 0.6) is 11.5 Å². The number of hydrogen-bond donors (Lipinski definition) is 1. The Labute approximate surface area is 169 Å². The number of rotatable bonds is 10. The van der Waals surface area contributed by atoms with Gasteiger partial charge in [0, 0.05) is 14.7 Å². The van der Waals surface area contributed by atoms with Crippen LogP contribution in [0.4, 0.5) is 0 Å². The summed E-state index contributed by atoms with van der Waals surface area (Å²) in [6, 6.07) is 13.6. The highest BCUT2D eigenvalue weighted by molar-refractivity contribution is 9.10. The minimum absolute atomic E-state index is 0.0598. The third-order valence-electron chi connectivity index (χ3n) is 3.78. The van der Waals surface area contributed by atoms with Crippen LogP contribution in [0, 0.1) is 0 Å². The van der Waals surface area contributed by atoms with Crippen molar-refractivity contribution in [2.45, 2.75) is 32.3 Å². The van der Waals surface area contributed by atoms with Gasteiger partial charge in [0.2, 0.25) is 0 Å². The molecule has 0 atom stereocenters. The van der Waals surface area contributed by atoms with Crippen LogP contribution in [0.25, 0.3) is 0 Å². The van der Waals surface area contributed by atoms with Gasteiger partial charge in [0.05, 0.1) is 5.56 Å². The number of halogens is 1. The van der Waals surface area contributed by atoms with Gasteiger partial charge in [0.15, 0.2) is 6.79 Å². The summed E-state index contributed by atoms with van der Waals surface area (Å²) in [5.41, 5.74) is 1.08. The van der Waals surface area contributed by atoms with E-state index in [0.717, 1.165) is 11.6 Å². The molecule has 146 valence electrons. The van der Waals surface area contributed by atoms with Gasteiger partial charge in [-0.2, -0.15) is 0 Å². The first kappa shape index (κ1) is 21.5. The fraction of sp³-hybridized carbons (Fsp3) is 0.350. The first-order valence-corrected chi connectivity index (χ1v) is 13.2. The summed E-state index contributed by atoms with van der Waals surface area (Å²) < 4.78 is 17.5. The molecule has 0 aliphatic rings. The Hall–Kier alpha value is -1.83. The summed E-state index contributed by atoms with van der Waals surface area (Å²) in [7, 11) is -1.16. The SMILES string of the molecule is C[Si](C)(C)CCOCOc1cc(C(=O)O)cc(OCc2ccccc2)c1Br. The van der Waals surface area contributed by atoms with Gasteiger partial charge in [-0.15, -0.1) is 0 Å². The zero-order valence-corrected chi connectivity index (χ0v) is 18.4. The zero-order chi connectivity index (χ0) is 19.9. The highest BCUT2D eigenvalue weighted by Crippen LogP contribution is 2.36. The van der Waals surface area contributed by atoms with Crippen molar-refractivity contribution in [3.05, 3.63) is 58.1 Å². The van der Waals surface area contributed by atoms with E-state index in [2.05, 4.69) is 35.6 Å². The Morgan fingerprint density at radius 1 is 1.07 bits per heavy atom. The topological polar surface area (TPSA) is 65.0 Å².